The molecule has 1 aromatic carbocycles. The summed E-state index contributed by atoms with van der Waals surface area (Å²) >= 11 is 0. The summed E-state index contributed by atoms with van der Waals surface area (Å²) in [5, 5.41) is 2.95. The summed E-state index contributed by atoms with van der Waals surface area (Å²) in [6.07, 6.45) is -1.57. The Labute approximate surface area is 114 Å². The Bertz CT molecular complexity index is 510. The molecule has 110 valence electrons. The summed E-state index contributed by atoms with van der Waals surface area (Å²) in [5.41, 5.74) is -0.0102. The van der Waals surface area contributed by atoms with Crippen LogP contribution in [0.25, 0.3) is 0 Å². The highest BCUT2D eigenvalue weighted by Crippen LogP contribution is 2.35. The lowest BCUT2D eigenvalue weighted by atomic mass is 9.94. The predicted molar refractivity (Wildman–Crippen MR) is 66.5 cm³/mol. The van der Waals surface area contributed by atoms with Crippen molar-refractivity contribution in [3.05, 3.63) is 47.0 Å². The Morgan fingerprint density at radius 3 is 2.60 bits per heavy atom. The average molecular weight is 289 g/mol. The second kappa shape index (κ2) is 5.83. The average Bonchev–Trinajstić information content (AvgIpc) is 2.41. The number of hydrogen-bond acceptors (Lipinski definition) is 2. The number of halogens is 4. The molecule has 0 spiro atoms. The molecule has 0 saturated heterocycles. The van der Waals surface area contributed by atoms with Gasteiger partial charge in [-0.1, -0.05) is 6.07 Å². The SMILES string of the molecule is CNC(C1=COCCC1)c1ccc(F)c(C(F)(F)F)c1. The van der Waals surface area contributed by atoms with Gasteiger partial charge in [-0.2, -0.15) is 13.2 Å². The fourth-order valence-electron chi connectivity index (χ4n) is 2.30. The van der Waals surface area contributed by atoms with E-state index in [9.17, 15) is 17.6 Å². The monoisotopic (exact) mass is 289 g/mol. The zero-order valence-electron chi connectivity index (χ0n) is 10.9. The molecule has 1 heterocycles. The molecule has 1 atom stereocenters. The minimum Gasteiger partial charge on any atom is -0.501 e. The molecule has 1 aliphatic heterocycles. The summed E-state index contributed by atoms with van der Waals surface area (Å²) in [4.78, 5) is 0. The number of alkyl halides is 3. The minimum atomic E-state index is -4.70. The summed E-state index contributed by atoms with van der Waals surface area (Å²) in [5.74, 6) is -1.26. The van der Waals surface area contributed by atoms with Crippen molar-refractivity contribution in [1.29, 1.82) is 0 Å². The Morgan fingerprint density at radius 2 is 2.05 bits per heavy atom. The van der Waals surface area contributed by atoms with E-state index in [0.29, 0.717) is 12.2 Å². The van der Waals surface area contributed by atoms with Crippen LogP contribution in [0.3, 0.4) is 0 Å². The Hall–Kier alpha value is -1.56. The number of rotatable bonds is 3. The lowest BCUT2D eigenvalue weighted by molar-refractivity contribution is -0.140. The van der Waals surface area contributed by atoms with E-state index in [1.165, 1.54) is 6.07 Å². The van der Waals surface area contributed by atoms with Crippen molar-refractivity contribution < 1.29 is 22.3 Å². The van der Waals surface area contributed by atoms with E-state index in [1.807, 2.05) is 0 Å². The topological polar surface area (TPSA) is 21.3 Å². The Kier molecular flexibility index (Phi) is 4.32. The maximum absolute atomic E-state index is 13.3. The van der Waals surface area contributed by atoms with Gasteiger partial charge in [0, 0.05) is 0 Å². The molecule has 1 unspecified atom stereocenters. The first kappa shape index (κ1) is 14.8. The molecule has 6 heteroatoms. The van der Waals surface area contributed by atoms with Crippen LogP contribution in [0.1, 0.15) is 30.0 Å². The van der Waals surface area contributed by atoms with Crippen LogP contribution in [0.4, 0.5) is 17.6 Å². The summed E-state index contributed by atoms with van der Waals surface area (Å²) in [6.45, 7) is 0.608. The van der Waals surface area contributed by atoms with Crippen molar-refractivity contribution in [3.63, 3.8) is 0 Å². The number of ether oxygens (including phenoxy) is 1. The van der Waals surface area contributed by atoms with Crippen molar-refractivity contribution in [2.24, 2.45) is 0 Å². The highest BCUT2D eigenvalue weighted by Gasteiger charge is 2.35. The van der Waals surface area contributed by atoms with E-state index in [2.05, 4.69) is 5.32 Å². The van der Waals surface area contributed by atoms with Gasteiger partial charge in [-0.3, -0.25) is 0 Å². The summed E-state index contributed by atoms with van der Waals surface area (Å²) in [6, 6.07) is 2.66. The van der Waals surface area contributed by atoms with Crippen molar-refractivity contribution >= 4 is 0 Å². The lowest BCUT2D eigenvalue weighted by Crippen LogP contribution is -2.21. The van der Waals surface area contributed by atoms with E-state index < -0.39 is 23.6 Å². The van der Waals surface area contributed by atoms with Crippen LogP contribution in [-0.2, 0) is 10.9 Å². The van der Waals surface area contributed by atoms with Gasteiger partial charge in [0.2, 0.25) is 0 Å². The highest BCUT2D eigenvalue weighted by molar-refractivity contribution is 5.34. The molecule has 2 rings (SSSR count). The maximum Gasteiger partial charge on any atom is 0.419 e. The van der Waals surface area contributed by atoms with Gasteiger partial charge in [-0.25, -0.2) is 4.39 Å². The van der Waals surface area contributed by atoms with E-state index >= 15 is 0 Å². The number of likely N-dealkylation sites (N-methyl/N-ethyl adjacent to an activating group) is 1. The third-order valence-electron chi connectivity index (χ3n) is 3.25. The van der Waals surface area contributed by atoms with Gasteiger partial charge in [0.05, 0.1) is 24.5 Å². The molecule has 0 radical (unpaired) electrons. The van der Waals surface area contributed by atoms with Crippen LogP contribution in [0.5, 0.6) is 0 Å². The van der Waals surface area contributed by atoms with E-state index in [4.69, 9.17) is 4.74 Å². The van der Waals surface area contributed by atoms with Crippen molar-refractivity contribution in [1.82, 2.24) is 5.32 Å². The molecule has 2 nitrogen and oxygen atoms in total. The van der Waals surface area contributed by atoms with Gasteiger partial charge in [-0.05, 0) is 43.2 Å². The molecule has 1 aromatic rings. The van der Waals surface area contributed by atoms with E-state index in [0.717, 1.165) is 30.5 Å². The maximum atomic E-state index is 13.3. The van der Waals surface area contributed by atoms with E-state index in [1.54, 1.807) is 13.3 Å². The fraction of sp³-hybridized carbons (Fsp3) is 0.429. The minimum absolute atomic E-state index is 0.373. The molecule has 0 fully saturated rings. The molecule has 1 aliphatic rings. The molecule has 0 aliphatic carbocycles. The third-order valence-corrected chi connectivity index (χ3v) is 3.25. The Morgan fingerprint density at radius 1 is 1.30 bits per heavy atom. The smallest absolute Gasteiger partial charge is 0.419 e. The van der Waals surface area contributed by atoms with Crippen molar-refractivity contribution in [2.75, 3.05) is 13.7 Å². The molecule has 0 amide bonds. The summed E-state index contributed by atoms with van der Waals surface area (Å²) < 4.78 is 56.7. The highest BCUT2D eigenvalue weighted by atomic mass is 19.4. The van der Waals surface area contributed by atoms with Crippen LogP contribution in [0.15, 0.2) is 30.0 Å². The fourth-order valence-corrected chi connectivity index (χ4v) is 2.30. The van der Waals surface area contributed by atoms with Crippen molar-refractivity contribution in [3.8, 4) is 0 Å². The standard InChI is InChI=1S/C14H15F4NO/c1-19-13(10-3-2-6-20-8-10)9-4-5-12(15)11(7-9)14(16,17)18/h4-5,7-8,13,19H,2-3,6H2,1H3. The van der Waals surface area contributed by atoms with Gasteiger partial charge < -0.3 is 10.1 Å². The van der Waals surface area contributed by atoms with Crippen LogP contribution in [-0.4, -0.2) is 13.7 Å². The van der Waals surface area contributed by atoms with Crippen LogP contribution < -0.4 is 5.32 Å². The number of benzene rings is 1. The van der Waals surface area contributed by atoms with Gasteiger partial charge in [-0.15, -0.1) is 0 Å². The molecule has 0 bridgehead atoms. The second-order valence-corrected chi connectivity index (χ2v) is 4.63. The number of hydrogen-bond donors (Lipinski definition) is 1. The van der Waals surface area contributed by atoms with Gasteiger partial charge >= 0.3 is 6.18 Å². The van der Waals surface area contributed by atoms with Gasteiger partial charge in [0.1, 0.15) is 5.82 Å². The molecule has 0 aromatic heterocycles. The quantitative estimate of drug-likeness (QED) is 0.855. The molecule has 0 saturated carbocycles. The Balaban J connectivity index is 2.38. The van der Waals surface area contributed by atoms with Gasteiger partial charge in [0.25, 0.3) is 0 Å². The van der Waals surface area contributed by atoms with Crippen molar-refractivity contribution in [2.45, 2.75) is 25.1 Å². The zero-order valence-corrected chi connectivity index (χ0v) is 10.9. The number of nitrogens with one attached hydrogen (secondary N) is 1. The van der Waals surface area contributed by atoms with E-state index in [-0.39, 0.29) is 0 Å². The molecule has 1 N–H and O–H groups in total. The first-order valence-electron chi connectivity index (χ1n) is 6.28. The summed E-state index contributed by atoms with van der Waals surface area (Å²) in [7, 11) is 1.65. The predicted octanol–water partition coefficient (Wildman–Crippen LogP) is 3.80. The van der Waals surface area contributed by atoms with Gasteiger partial charge in [0.15, 0.2) is 0 Å². The normalized spacial score (nSPS) is 17.4. The molecular formula is C14H15F4NO. The first-order chi connectivity index (χ1) is 9.43. The third kappa shape index (κ3) is 3.12. The molecular weight excluding hydrogens is 274 g/mol. The first-order valence-corrected chi connectivity index (χ1v) is 6.28. The zero-order chi connectivity index (χ0) is 14.8. The van der Waals surface area contributed by atoms with Crippen LogP contribution >= 0.6 is 0 Å². The van der Waals surface area contributed by atoms with Crippen LogP contribution in [0, 0.1) is 5.82 Å². The molecule has 20 heavy (non-hydrogen) atoms. The lowest BCUT2D eigenvalue weighted by Gasteiger charge is -2.24. The second-order valence-electron chi connectivity index (χ2n) is 4.63. The van der Waals surface area contributed by atoms with Crippen LogP contribution in [0.2, 0.25) is 0 Å². The largest absolute Gasteiger partial charge is 0.501 e.